The van der Waals surface area contributed by atoms with Crippen molar-refractivity contribution in [2.75, 3.05) is 48.3 Å². The van der Waals surface area contributed by atoms with Crippen molar-refractivity contribution in [3.63, 3.8) is 0 Å². The lowest BCUT2D eigenvalue weighted by Crippen LogP contribution is -2.51. The number of nitriles is 1. The Morgan fingerprint density at radius 2 is 1.85 bits per heavy atom. The van der Waals surface area contributed by atoms with Crippen molar-refractivity contribution in [1.82, 2.24) is 24.8 Å². The largest absolute Gasteiger partial charge is 0.463 e. The standard InChI is InChI=1S/C32H28F5N9OS/c1-44-7-6-40-31(44)46-10-15(11-46)14-47-30-42-26-19(29(43-30)45-12-16-2-3-17(13-45)41-16)8-21(32(35,36)37)24(25(26)34)18-4-5-22(33)27-23(18)20(9-38)28(39)48-27/h4-8,15-17,41H,2-3,10-14,39H2,1H3. The van der Waals surface area contributed by atoms with Crippen molar-refractivity contribution < 1.29 is 26.7 Å². The summed E-state index contributed by atoms with van der Waals surface area (Å²) in [6.07, 6.45) is 0.339. The van der Waals surface area contributed by atoms with Gasteiger partial charge in [-0.1, -0.05) is 6.07 Å². The topological polar surface area (TPSA) is 121 Å². The van der Waals surface area contributed by atoms with Gasteiger partial charge in [0.2, 0.25) is 5.95 Å². The number of imidazole rings is 1. The van der Waals surface area contributed by atoms with Crippen LogP contribution in [0.15, 0.2) is 30.6 Å². The van der Waals surface area contributed by atoms with Gasteiger partial charge in [0.05, 0.1) is 22.4 Å². The quantitative estimate of drug-likeness (QED) is 0.226. The molecular weight excluding hydrogens is 653 g/mol. The summed E-state index contributed by atoms with van der Waals surface area (Å²) in [4.78, 5) is 17.2. The molecular formula is C32H28F5N9OS. The van der Waals surface area contributed by atoms with Gasteiger partial charge in [-0.3, -0.25) is 0 Å². The van der Waals surface area contributed by atoms with E-state index in [1.54, 1.807) is 6.20 Å². The van der Waals surface area contributed by atoms with E-state index in [9.17, 15) is 22.8 Å². The molecule has 16 heteroatoms. The lowest BCUT2D eigenvalue weighted by Gasteiger charge is -2.39. The predicted molar refractivity (Wildman–Crippen MR) is 171 cm³/mol. The van der Waals surface area contributed by atoms with Crippen LogP contribution >= 0.6 is 11.3 Å². The maximum atomic E-state index is 16.9. The summed E-state index contributed by atoms with van der Waals surface area (Å²) in [6.45, 7) is 2.45. The monoisotopic (exact) mass is 681 g/mol. The van der Waals surface area contributed by atoms with Gasteiger partial charge in [-0.05, 0) is 30.5 Å². The van der Waals surface area contributed by atoms with Gasteiger partial charge in [-0.25, -0.2) is 13.8 Å². The van der Waals surface area contributed by atoms with E-state index in [-0.39, 0.29) is 73.6 Å². The molecule has 3 aliphatic heterocycles. The zero-order valence-electron chi connectivity index (χ0n) is 25.5. The Kier molecular flexibility index (Phi) is 7.11. The minimum Gasteiger partial charge on any atom is -0.463 e. The van der Waals surface area contributed by atoms with Crippen LogP contribution in [0.4, 0.5) is 38.7 Å². The molecule has 3 aliphatic rings. The number of benzene rings is 2. The van der Waals surface area contributed by atoms with E-state index in [2.05, 4.69) is 25.2 Å². The van der Waals surface area contributed by atoms with Crippen LogP contribution in [0.1, 0.15) is 24.0 Å². The second-order valence-corrected chi connectivity index (χ2v) is 13.6. The van der Waals surface area contributed by atoms with Crippen LogP contribution in [0.25, 0.3) is 32.1 Å². The highest BCUT2D eigenvalue weighted by Gasteiger charge is 2.40. The summed E-state index contributed by atoms with van der Waals surface area (Å²) in [5.74, 6) is -1.01. The van der Waals surface area contributed by atoms with Crippen LogP contribution in [0.5, 0.6) is 6.01 Å². The highest BCUT2D eigenvalue weighted by molar-refractivity contribution is 7.23. The first-order chi connectivity index (χ1) is 23.0. The molecule has 0 saturated carbocycles. The fraction of sp³-hybridized carbons (Fsp3) is 0.375. The molecule has 5 aromatic rings. The van der Waals surface area contributed by atoms with Crippen LogP contribution in [0.3, 0.4) is 0 Å². The van der Waals surface area contributed by atoms with Gasteiger partial charge in [0.25, 0.3) is 0 Å². The number of nitrogen functional groups attached to an aromatic ring is 1. The van der Waals surface area contributed by atoms with E-state index in [1.807, 2.05) is 28.8 Å². The van der Waals surface area contributed by atoms with Gasteiger partial charge in [-0.15, -0.1) is 11.3 Å². The smallest absolute Gasteiger partial charge is 0.417 e. The fourth-order valence-electron chi connectivity index (χ4n) is 7.16. The van der Waals surface area contributed by atoms with Gasteiger partial charge in [0.1, 0.15) is 28.2 Å². The number of piperazine rings is 1. The van der Waals surface area contributed by atoms with E-state index in [0.717, 1.165) is 48.3 Å². The van der Waals surface area contributed by atoms with E-state index in [4.69, 9.17) is 10.5 Å². The zero-order valence-corrected chi connectivity index (χ0v) is 26.3. The number of hydrogen-bond donors (Lipinski definition) is 2. The number of ether oxygens (including phenoxy) is 1. The van der Waals surface area contributed by atoms with Crippen molar-refractivity contribution in [2.24, 2.45) is 13.0 Å². The molecule has 10 nitrogen and oxygen atoms in total. The number of alkyl halides is 3. The number of thiophene rings is 1. The first kappa shape index (κ1) is 30.6. The summed E-state index contributed by atoms with van der Waals surface area (Å²) in [5, 5.41) is 12.9. The Balaban J connectivity index is 1.27. The highest BCUT2D eigenvalue weighted by Crippen LogP contribution is 2.48. The maximum absolute atomic E-state index is 16.9. The van der Waals surface area contributed by atoms with Crippen LogP contribution in [-0.4, -0.2) is 64.4 Å². The number of nitrogens with two attached hydrogens (primary N) is 1. The number of aromatic nitrogens is 4. The van der Waals surface area contributed by atoms with Crippen molar-refractivity contribution in [3.05, 3.63) is 53.4 Å². The van der Waals surface area contributed by atoms with Gasteiger partial charge < -0.3 is 30.2 Å². The number of nitrogens with one attached hydrogen (secondary N) is 1. The molecule has 3 N–H and O–H groups in total. The van der Waals surface area contributed by atoms with Gasteiger partial charge in [-0.2, -0.15) is 28.4 Å². The van der Waals surface area contributed by atoms with Gasteiger partial charge in [0, 0.05) is 80.0 Å². The Morgan fingerprint density at radius 1 is 1.10 bits per heavy atom. The number of anilines is 3. The molecule has 2 unspecified atom stereocenters. The molecule has 8 rings (SSSR count). The lowest BCUT2D eigenvalue weighted by molar-refractivity contribution is -0.137. The molecule has 248 valence electrons. The van der Waals surface area contributed by atoms with E-state index >= 15 is 4.39 Å². The predicted octanol–water partition coefficient (Wildman–Crippen LogP) is 5.45. The summed E-state index contributed by atoms with van der Waals surface area (Å²) in [5.41, 5.74) is 2.91. The average Bonchev–Trinajstić information content (AvgIpc) is 3.71. The number of hydrogen-bond acceptors (Lipinski definition) is 10. The van der Waals surface area contributed by atoms with Crippen LogP contribution in [-0.2, 0) is 13.2 Å². The average molecular weight is 682 g/mol. The molecule has 3 saturated heterocycles. The second kappa shape index (κ2) is 11.2. The molecule has 0 amide bonds. The minimum atomic E-state index is -5.03. The zero-order chi connectivity index (χ0) is 33.5. The van der Waals surface area contributed by atoms with Crippen LogP contribution in [0, 0.1) is 28.9 Å². The number of halogens is 5. The van der Waals surface area contributed by atoms with Crippen molar-refractivity contribution in [1.29, 1.82) is 5.26 Å². The third-order valence-electron chi connectivity index (χ3n) is 9.39. The van der Waals surface area contributed by atoms with Gasteiger partial charge in [0.15, 0.2) is 5.82 Å². The van der Waals surface area contributed by atoms with Crippen molar-refractivity contribution >= 4 is 49.1 Å². The van der Waals surface area contributed by atoms with Gasteiger partial charge >= 0.3 is 12.2 Å². The van der Waals surface area contributed by atoms with Crippen molar-refractivity contribution in [3.8, 4) is 23.2 Å². The summed E-state index contributed by atoms with van der Waals surface area (Å²) in [7, 11) is 1.90. The highest BCUT2D eigenvalue weighted by atomic mass is 32.1. The number of nitrogens with zero attached hydrogens (tertiary/aromatic N) is 7. The second-order valence-electron chi connectivity index (χ2n) is 12.6. The Hall–Kier alpha value is -4.75. The molecule has 6 heterocycles. The third-order valence-corrected chi connectivity index (χ3v) is 10.4. The van der Waals surface area contributed by atoms with Crippen LogP contribution in [0.2, 0.25) is 0 Å². The molecule has 3 fully saturated rings. The third kappa shape index (κ3) is 4.95. The number of rotatable bonds is 6. The summed E-state index contributed by atoms with van der Waals surface area (Å²) < 4.78 is 84.2. The molecule has 2 aromatic carbocycles. The first-order valence-electron chi connectivity index (χ1n) is 15.4. The molecule has 2 atom stereocenters. The van der Waals surface area contributed by atoms with Crippen molar-refractivity contribution in [2.45, 2.75) is 31.1 Å². The summed E-state index contributed by atoms with van der Waals surface area (Å²) >= 11 is 0.718. The Bertz CT molecular complexity index is 2120. The normalized spacial score (nSPS) is 19.7. The molecule has 0 aliphatic carbocycles. The maximum Gasteiger partial charge on any atom is 0.417 e. The first-order valence-corrected chi connectivity index (χ1v) is 16.2. The fourth-order valence-corrected chi connectivity index (χ4v) is 8.10. The number of aryl methyl sites for hydroxylation is 1. The van der Waals surface area contributed by atoms with Crippen LogP contribution < -0.4 is 25.6 Å². The molecule has 48 heavy (non-hydrogen) atoms. The SMILES string of the molecule is Cn1ccnc1N1CC(COc2nc(N3CC4CCC(C3)N4)c3cc(C(F)(F)F)c(-c4ccc(F)c5sc(N)c(C#N)c45)c(F)c3n2)C1. The van der Waals surface area contributed by atoms with E-state index < -0.39 is 28.9 Å². The van der Waals surface area contributed by atoms with E-state index in [0.29, 0.717) is 26.2 Å². The van der Waals surface area contributed by atoms with E-state index in [1.165, 1.54) is 0 Å². The molecule has 0 spiro atoms. The Labute approximate surface area is 274 Å². The lowest BCUT2D eigenvalue weighted by atomic mass is 9.92. The minimum absolute atomic E-state index is 0.0836. The molecule has 3 aromatic heterocycles. The number of fused-ring (bicyclic) bond motifs is 4. The Morgan fingerprint density at radius 3 is 2.52 bits per heavy atom. The molecule has 0 radical (unpaired) electrons. The molecule has 2 bridgehead atoms. The summed E-state index contributed by atoms with van der Waals surface area (Å²) in [6, 6.07) is 4.74.